The lowest BCUT2D eigenvalue weighted by Gasteiger charge is -2.07. The molecule has 13 heavy (non-hydrogen) atoms. The number of aromatic nitrogens is 1. The lowest BCUT2D eigenvalue weighted by molar-refractivity contribution is 0.248. The third kappa shape index (κ3) is 3.02. The Labute approximate surface area is 81.2 Å². The number of urea groups is 1. The van der Waals surface area contributed by atoms with Gasteiger partial charge in [0.05, 0.1) is 5.01 Å². The van der Waals surface area contributed by atoms with Crippen LogP contribution in [0.5, 0.6) is 0 Å². The number of nitrogens with two attached hydrogens (primary N) is 1. The Kier molecular flexibility index (Phi) is 3.25. The molecule has 1 aromatic heterocycles. The van der Waals surface area contributed by atoms with Gasteiger partial charge in [0.1, 0.15) is 0 Å². The molecular weight excluding hydrogens is 186 g/mol. The van der Waals surface area contributed by atoms with Crippen molar-refractivity contribution in [2.75, 3.05) is 6.54 Å². The number of thiazole rings is 1. The van der Waals surface area contributed by atoms with Gasteiger partial charge in [0.15, 0.2) is 0 Å². The van der Waals surface area contributed by atoms with Gasteiger partial charge in [-0.1, -0.05) is 6.92 Å². The first kappa shape index (κ1) is 9.98. The molecule has 5 heteroatoms. The first-order valence-electron chi connectivity index (χ1n) is 4.05. The molecule has 0 spiro atoms. The Morgan fingerprint density at radius 2 is 2.54 bits per heavy atom. The zero-order valence-electron chi connectivity index (χ0n) is 7.70. The van der Waals surface area contributed by atoms with E-state index in [0.29, 0.717) is 6.54 Å². The van der Waals surface area contributed by atoms with Gasteiger partial charge in [-0.05, 0) is 6.92 Å². The molecule has 1 unspecified atom stereocenters. The molecule has 3 N–H and O–H groups in total. The average molecular weight is 199 g/mol. The molecule has 1 rings (SSSR count). The Hall–Kier alpha value is -1.10. The van der Waals surface area contributed by atoms with Crippen molar-refractivity contribution in [2.45, 2.75) is 19.8 Å². The molecule has 0 aliphatic rings. The summed E-state index contributed by atoms with van der Waals surface area (Å²) >= 11 is 1.61. The maximum Gasteiger partial charge on any atom is 0.312 e. The van der Waals surface area contributed by atoms with Crippen LogP contribution in [0, 0.1) is 6.92 Å². The molecule has 0 aliphatic carbocycles. The van der Waals surface area contributed by atoms with Crippen LogP contribution in [0.4, 0.5) is 4.79 Å². The van der Waals surface area contributed by atoms with E-state index in [1.165, 1.54) is 0 Å². The molecule has 72 valence electrons. The van der Waals surface area contributed by atoms with Crippen molar-refractivity contribution in [3.05, 3.63) is 16.1 Å². The standard InChI is InChI=1S/C8H13N3OS/c1-5(3-10-8(9)12)7-11-6(2)4-13-7/h4-5H,3H2,1-2H3,(H3,9,10,12). The molecule has 0 saturated heterocycles. The van der Waals surface area contributed by atoms with Crippen LogP contribution in [0.15, 0.2) is 5.38 Å². The summed E-state index contributed by atoms with van der Waals surface area (Å²) in [5.74, 6) is 0.228. The van der Waals surface area contributed by atoms with E-state index in [-0.39, 0.29) is 5.92 Å². The van der Waals surface area contributed by atoms with E-state index < -0.39 is 6.03 Å². The third-order valence-corrected chi connectivity index (χ3v) is 2.83. The first-order chi connectivity index (χ1) is 6.09. The number of primary amides is 1. The molecule has 2 amide bonds. The summed E-state index contributed by atoms with van der Waals surface area (Å²) in [4.78, 5) is 14.7. The second-order valence-electron chi connectivity index (χ2n) is 2.97. The Morgan fingerprint density at radius 3 is 3.00 bits per heavy atom. The van der Waals surface area contributed by atoms with Crippen LogP contribution in [0.3, 0.4) is 0 Å². The zero-order chi connectivity index (χ0) is 9.84. The topological polar surface area (TPSA) is 68.0 Å². The summed E-state index contributed by atoms with van der Waals surface area (Å²) in [7, 11) is 0. The normalized spacial score (nSPS) is 12.5. The smallest absolute Gasteiger partial charge is 0.312 e. The fourth-order valence-electron chi connectivity index (χ4n) is 0.940. The summed E-state index contributed by atoms with van der Waals surface area (Å²) in [6.07, 6.45) is 0. The number of hydrogen-bond donors (Lipinski definition) is 2. The Bertz CT molecular complexity index is 297. The van der Waals surface area contributed by atoms with Crippen molar-refractivity contribution >= 4 is 17.4 Å². The fraction of sp³-hybridized carbons (Fsp3) is 0.500. The Morgan fingerprint density at radius 1 is 1.85 bits per heavy atom. The van der Waals surface area contributed by atoms with Crippen molar-refractivity contribution in [3.8, 4) is 0 Å². The van der Waals surface area contributed by atoms with Gasteiger partial charge in [-0.25, -0.2) is 9.78 Å². The molecule has 0 bridgehead atoms. The highest BCUT2D eigenvalue weighted by Crippen LogP contribution is 2.18. The predicted molar refractivity (Wildman–Crippen MR) is 52.9 cm³/mol. The van der Waals surface area contributed by atoms with Gasteiger partial charge in [-0.2, -0.15) is 0 Å². The number of aryl methyl sites for hydroxylation is 1. The van der Waals surface area contributed by atoms with Crippen molar-refractivity contribution in [3.63, 3.8) is 0 Å². The summed E-state index contributed by atoms with van der Waals surface area (Å²) in [5.41, 5.74) is 5.98. The molecule has 4 nitrogen and oxygen atoms in total. The highest BCUT2D eigenvalue weighted by atomic mass is 32.1. The van der Waals surface area contributed by atoms with Crippen molar-refractivity contribution in [1.82, 2.24) is 10.3 Å². The maximum absolute atomic E-state index is 10.4. The molecule has 1 aromatic rings. The maximum atomic E-state index is 10.4. The number of carbonyl (C=O) groups is 1. The minimum atomic E-state index is -0.486. The van der Waals surface area contributed by atoms with Crippen LogP contribution in [-0.2, 0) is 0 Å². The fourth-order valence-corrected chi connectivity index (χ4v) is 1.80. The van der Waals surface area contributed by atoms with Crippen molar-refractivity contribution in [1.29, 1.82) is 0 Å². The second kappa shape index (κ2) is 4.23. The van der Waals surface area contributed by atoms with Crippen LogP contribution < -0.4 is 11.1 Å². The van der Waals surface area contributed by atoms with E-state index in [0.717, 1.165) is 10.7 Å². The summed E-state index contributed by atoms with van der Waals surface area (Å²) in [5, 5.41) is 5.59. The number of rotatable bonds is 3. The van der Waals surface area contributed by atoms with Gasteiger partial charge in [-0.3, -0.25) is 0 Å². The minimum Gasteiger partial charge on any atom is -0.352 e. The van der Waals surface area contributed by atoms with Crippen LogP contribution in [0.1, 0.15) is 23.5 Å². The first-order valence-corrected chi connectivity index (χ1v) is 4.93. The highest BCUT2D eigenvalue weighted by Gasteiger charge is 2.09. The molecule has 0 aromatic carbocycles. The van der Waals surface area contributed by atoms with E-state index in [1.54, 1.807) is 11.3 Å². The van der Waals surface area contributed by atoms with Crippen LogP contribution in [-0.4, -0.2) is 17.6 Å². The van der Waals surface area contributed by atoms with Crippen LogP contribution >= 0.6 is 11.3 Å². The molecule has 0 radical (unpaired) electrons. The molecule has 0 saturated carbocycles. The summed E-state index contributed by atoms with van der Waals surface area (Å²) in [6.45, 7) is 4.50. The lowest BCUT2D eigenvalue weighted by Crippen LogP contribution is -2.32. The van der Waals surface area contributed by atoms with E-state index in [1.807, 2.05) is 19.2 Å². The molecule has 1 atom stereocenters. The van der Waals surface area contributed by atoms with E-state index in [2.05, 4.69) is 10.3 Å². The average Bonchev–Trinajstić information content (AvgIpc) is 2.47. The van der Waals surface area contributed by atoms with Gasteiger partial charge in [-0.15, -0.1) is 11.3 Å². The third-order valence-electron chi connectivity index (χ3n) is 1.64. The van der Waals surface area contributed by atoms with E-state index >= 15 is 0 Å². The predicted octanol–water partition coefficient (Wildman–Crippen LogP) is 1.22. The molecule has 0 aliphatic heterocycles. The van der Waals surface area contributed by atoms with E-state index in [9.17, 15) is 4.79 Å². The number of amides is 2. The van der Waals surface area contributed by atoms with Crippen molar-refractivity contribution < 1.29 is 4.79 Å². The van der Waals surface area contributed by atoms with Gasteiger partial charge in [0.25, 0.3) is 0 Å². The number of nitrogens with zero attached hydrogens (tertiary/aromatic N) is 1. The molecular formula is C8H13N3OS. The molecule has 1 heterocycles. The number of nitrogens with one attached hydrogen (secondary N) is 1. The SMILES string of the molecule is Cc1csc(C(C)CNC(N)=O)n1. The van der Waals surface area contributed by atoms with Gasteiger partial charge < -0.3 is 11.1 Å². The van der Waals surface area contributed by atoms with Gasteiger partial charge >= 0.3 is 6.03 Å². The zero-order valence-corrected chi connectivity index (χ0v) is 8.52. The number of hydrogen-bond acceptors (Lipinski definition) is 3. The van der Waals surface area contributed by atoms with Crippen molar-refractivity contribution in [2.24, 2.45) is 5.73 Å². The minimum absolute atomic E-state index is 0.228. The number of carbonyl (C=O) groups excluding carboxylic acids is 1. The monoisotopic (exact) mass is 199 g/mol. The lowest BCUT2D eigenvalue weighted by atomic mass is 10.2. The second-order valence-corrected chi connectivity index (χ2v) is 3.86. The van der Waals surface area contributed by atoms with Crippen LogP contribution in [0.2, 0.25) is 0 Å². The largest absolute Gasteiger partial charge is 0.352 e. The van der Waals surface area contributed by atoms with Gasteiger partial charge in [0.2, 0.25) is 0 Å². The molecule has 0 fully saturated rings. The van der Waals surface area contributed by atoms with E-state index in [4.69, 9.17) is 5.73 Å². The van der Waals surface area contributed by atoms with Gasteiger partial charge in [0, 0.05) is 23.5 Å². The Balaban J connectivity index is 2.48. The summed E-state index contributed by atoms with van der Waals surface area (Å²) < 4.78 is 0. The highest BCUT2D eigenvalue weighted by molar-refractivity contribution is 7.09. The van der Waals surface area contributed by atoms with Crippen LogP contribution in [0.25, 0.3) is 0 Å². The quantitative estimate of drug-likeness (QED) is 0.768. The summed E-state index contributed by atoms with van der Waals surface area (Å²) in [6, 6.07) is -0.486.